The summed E-state index contributed by atoms with van der Waals surface area (Å²) in [6.07, 6.45) is 3.34. The normalized spacial score (nSPS) is 12.2. The SMILES string of the molecule is CC(C)(C)c1cnn2ncnc2c1. The summed E-state index contributed by atoms with van der Waals surface area (Å²) in [5.41, 5.74) is 2.08. The van der Waals surface area contributed by atoms with E-state index in [0.717, 1.165) is 5.65 Å². The summed E-state index contributed by atoms with van der Waals surface area (Å²) in [6.45, 7) is 6.45. The minimum Gasteiger partial charge on any atom is -0.213 e. The van der Waals surface area contributed by atoms with E-state index in [1.165, 1.54) is 16.5 Å². The van der Waals surface area contributed by atoms with Crippen LogP contribution < -0.4 is 0 Å². The Morgan fingerprint density at radius 2 is 2.00 bits per heavy atom. The molecule has 0 aliphatic rings. The molecule has 0 spiro atoms. The van der Waals surface area contributed by atoms with E-state index < -0.39 is 0 Å². The third-order valence-corrected chi connectivity index (χ3v) is 2.01. The molecular formula is C9H12N4. The predicted octanol–water partition coefficient (Wildman–Crippen LogP) is 1.42. The van der Waals surface area contributed by atoms with Gasteiger partial charge in [-0.25, -0.2) is 4.98 Å². The van der Waals surface area contributed by atoms with Crippen molar-refractivity contribution in [2.45, 2.75) is 26.2 Å². The van der Waals surface area contributed by atoms with Crippen LogP contribution in [0.2, 0.25) is 0 Å². The number of rotatable bonds is 0. The van der Waals surface area contributed by atoms with Crippen LogP contribution in [0.15, 0.2) is 18.6 Å². The summed E-state index contributed by atoms with van der Waals surface area (Å²) in [7, 11) is 0. The molecule has 0 saturated heterocycles. The molecule has 4 heteroatoms. The van der Waals surface area contributed by atoms with Gasteiger partial charge >= 0.3 is 0 Å². The molecule has 0 saturated carbocycles. The molecule has 4 nitrogen and oxygen atoms in total. The van der Waals surface area contributed by atoms with E-state index in [4.69, 9.17) is 0 Å². The van der Waals surface area contributed by atoms with Crippen molar-refractivity contribution in [1.82, 2.24) is 19.8 Å². The second-order valence-electron chi connectivity index (χ2n) is 4.10. The van der Waals surface area contributed by atoms with Gasteiger partial charge in [-0.1, -0.05) is 20.8 Å². The second kappa shape index (κ2) is 2.52. The molecular weight excluding hydrogens is 164 g/mol. The highest BCUT2D eigenvalue weighted by Gasteiger charge is 2.14. The minimum atomic E-state index is 0.112. The zero-order valence-corrected chi connectivity index (χ0v) is 8.02. The Morgan fingerprint density at radius 1 is 1.23 bits per heavy atom. The van der Waals surface area contributed by atoms with Gasteiger partial charge in [-0.3, -0.25) is 0 Å². The Morgan fingerprint density at radius 3 is 2.69 bits per heavy atom. The summed E-state index contributed by atoms with van der Waals surface area (Å²) >= 11 is 0. The van der Waals surface area contributed by atoms with Gasteiger partial charge < -0.3 is 0 Å². The largest absolute Gasteiger partial charge is 0.213 e. The summed E-state index contributed by atoms with van der Waals surface area (Å²) < 4.78 is 1.52. The van der Waals surface area contributed by atoms with E-state index >= 15 is 0 Å². The Bertz CT molecular complexity index is 424. The van der Waals surface area contributed by atoms with Gasteiger partial charge in [-0.2, -0.15) is 5.10 Å². The number of nitrogens with zero attached hydrogens (tertiary/aromatic N) is 4. The fourth-order valence-electron chi connectivity index (χ4n) is 1.13. The van der Waals surface area contributed by atoms with Crippen molar-refractivity contribution < 1.29 is 0 Å². The van der Waals surface area contributed by atoms with Crippen molar-refractivity contribution in [3.05, 3.63) is 24.2 Å². The van der Waals surface area contributed by atoms with Crippen LogP contribution in [0.1, 0.15) is 26.3 Å². The minimum absolute atomic E-state index is 0.112. The van der Waals surface area contributed by atoms with Gasteiger partial charge in [0.05, 0.1) is 6.20 Å². The van der Waals surface area contributed by atoms with Crippen LogP contribution in [-0.4, -0.2) is 19.8 Å². The monoisotopic (exact) mass is 176 g/mol. The topological polar surface area (TPSA) is 43.1 Å². The molecule has 0 unspecified atom stereocenters. The van der Waals surface area contributed by atoms with E-state index in [2.05, 4.69) is 36.0 Å². The summed E-state index contributed by atoms with van der Waals surface area (Å²) in [5.74, 6) is 0. The molecule has 2 rings (SSSR count). The zero-order chi connectivity index (χ0) is 9.47. The van der Waals surface area contributed by atoms with Gasteiger partial charge in [0.25, 0.3) is 0 Å². The molecule has 0 amide bonds. The molecule has 0 bridgehead atoms. The number of hydrogen-bond acceptors (Lipinski definition) is 3. The number of hydrogen-bond donors (Lipinski definition) is 0. The first kappa shape index (κ1) is 8.16. The summed E-state index contributed by atoms with van der Waals surface area (Å²) in [6, 6.07) is 2.01. The fourth-order valence-corrected chi connectivity index (χ4v) is 1.13. The summed E-state index contributed by atoms with van der Waals surface area (Å²) in [4.78, 5) is 4.08. The molecule has 0 atom stereocenters. The van der Waals surface area contributed by atoms with Crippen molar-refractivity contribution >= 4 is 5.65 Å². The van der Waals surface area contributed by atoms with Crippen molar-refractivity contribution in [2.24, 2.45) is 0 Å². The average Bonchev–Trinajstić information content (AvgIpc) is 2.47. The van der Waals surface area contributed by atoms with Crippen LogP contribution in [0.3, 0.4) is 0 Å². The first-order valence-corrected chi connectivity index (χ1v) is 4.24. The smallest absolute Gasteiger partial charge is 0.176 e. The van der Waals surface area contributed by atoms with Gasteiger partial charge in [-0.05, 0) is 17.0 Å². The third-order valence-electron chi connectivity index (χ3n) is 2.01. The molecule has 0 N–H and O–H groups in total. The first-order chi connectivity index (χ1) is 6.07. The quantitative estimate of drug-likeness (QED) is 0.609. The molecule has 13 heavy (non-hydrogen) atoms. The van der Waals surface area contributed by atoms with Gasteiger partial charge in [-0.15, -0.1) is 9.73 Å². The van der Waals surface area contributed by atoms with E-state index in [-0.39, 0.29) is 5.41 Å². The van der Waals surface area contributed by atoms with Gasteiger partial charge in [0, 0.05) is 0 Å². The highest BCUT2D eigenvalue weighted by molar-refractivity contribution is 5.39. The Hall–Kier alpha value is -1.45. The number of fused-ring (bicyclic) bond motifs is 1. The molecule has 2 heterocycles. The van der Waals surface area contributed by atoms with Gasteiger partial charge in [0.1, 0.15) is 6.33 Å². The maximum atomic E-state index is 4.15. The van der Waals surface area contributed by atoms with E-state index in [0.29, 0.717) is 0 Å². The maximum Gasteiger partial charge on any atom is 0.176 e. The predicted molar refractivity (Wildman–Crippen MR) is 49.5 cm³/mol. The van der Waals surface area contributed by atoms with Crippen LogP contribution in [0.25, 0.3) is 5.65 Å². The fraction of sp³-hybridized carbons (Fsp3) is 0.444. The molecule has 0 aliphatic carbocycles. The van der Waals surface area contributed by atoms with Crippen molar-refractivity contribution in [3.8, 4) is 0 Å². The van der Waals surface area contributed by atoms with Crippen LogP contribution in [-0.2, 0) is 5.41 Å². The Kier molecular flexibility index (Phi) is 1.58. The Labute approximate surface area is 76.6 Å². The van der Waals surface area contributed by atoms with E-state index in [1.807, 2.05) is 12.3 Å². The lowest BCUT2D eigenvalue weighted by molar-refractivity contribution is 0.582. The molecule has 0 aliphatic heterocycles. The third kappa shape index (κ3) is 1.39. The maximum absolute atomic E-state index is 4.15. The number of aromatic nitrogens is 4. The first-order valence-electron chi connectivity index (χ1n) is 4.24. The van der Waals surface area contributed by atoms with E-state index in [1.54, 1.807) is 0 Å². The lowest BCUT2D eigenvalue weighted by atomic mass is 9.89. The zero-order valence-electron chi connectivity index (χ0n) is 8.02. The molecule has 2 aromatic rings. The average molecular weight is 176 g/mol. The summed E-state index contributed by atoms with van der Waals surface area (Å²) in [5, 5.41) is 8.09. The Balaban J connectivity index is 2.61. The van der Waals surface area contributed by atoms with E-state index in [9.17, 15) is 0 Å². The highest BCUT2D eigenvalue weighted by Crippen LogP contribution is 2.21. The van der Waals surface area contributed by atoms with Gasteiger partial charge in [0.2, 0.25) is 0 Å². The lowest BCUT2D eigenvalue weighted by Crippen LogP contribution is -2.12. The van der Waals surface area contributed by atoms with Crippen molar-refractivity contribution in [3.63, 3.8) is 0 Å². The van der Waals surface area contributed by atoms with Crippen LogP contribution >= 0.6 is 0 Å². The molecule has 2 aromatic heterocycles. The van der Waals surface area contributed by atoms with Gasteiger partial charge in [0.15, 0.2) is 5.65 Å². The van der Waals surface area contributed by atoms with Crippen LogP contribution in [0.4, 0.5) is 0 Å². The van der Waals surface area contributed by atoms with Crippen molar-refractivity contribution in [1.29, 1.82) is 0 Å². The van der Waals surface area contributed by atoms with Crippen LogP contribution in [0.5, 0.6) is 0 Å². The molecule has 0 fully saturated rings. The standard InChI is InChI=1S/C9H12N4/c1-9(2,3)7-4-8-10-6-12-13(8)11-5-7/h4-6H,1-3H3. The molecule has 0 aromatic carbocycles. The highest BCUT2D eigenvalue weighted by atomic mass is 15.4. The molecule has 68 valence electrons. The molecule has 0 radical (unpaired) electrons. The lowest BCUT2D eigenvalue weighted by Gasteiger charge is -2.17. The van der Waals surface area contributed by atoms with Crippen molar-refractivity contribution in [2.75, 3.05) is 0 Å². The second-order valence-corrected chi connectivity index (χ2v) is 4.10. The van der Waals surface area contributed by atoms with Crippen LogP contribution in [0, 0.1) is 0 Å².